The fourth-order valence-corrected chi connectivity index (χ4v) is 1.78. The maximum atomic E-state index is 4.37. The third kappa shape index (κ3) is 4.58. The maximum Gasteiger partial charge on any atom is 0.0563 e. The molecule has 0 atom stereocenters. The minimum absolute atomic E-state index is 0.805. The lowest BCUT2D eigenvalue weighted by Crippen LogP contribution is -1.90. The quantitative estimate of drug-likeness (QED) is 0.590. The van der Waals surface area contributed by atoms with Crippen molar-refractivity contribution in [3.8, 4) is 0 Å². The topological polar surface area (TPSA) is 56.3 Å². The average Bonchev–Trinajstić information content (AvgIpc) is 2.97. The van der Waals surface area contributed by atoms with E-state index in [0.29, 0.717) is 0 Å². The minimum atomic E-state index is 0.805. The third-order valence-corrected chi connectivity index (χ3v) is 2.74. The number of nitrogens with zero attached hydrogens (tertiary/aromatic N) is 2. The van der Waals surface area contributed by atoms with Gasteiger partial charge in [0, 0.05) is 36.9 Å². The molecular formula is C15H20N4. The van der Waals surface area contributed by atoms with Crippen LogP contribution in [-0.4, -0.2) is 35.5 Å². The first-order valence-corrected chi connectivity index (χ1v) is 6.55. The molecule has 100 valence electrons. The van der Waals surface area contributed by atoms with Gasteiger partial charge >= 0.3 is 0 Å². The van der Waals surface area contributed by atoms with Gasteiger partial charge in [-0.1, -0.05) is 0 Å². The fraction of sp³-hybridized carbons (Fsp3) is 0.333. The Morgan fingerprint density at radius 1 is 0.842 bits per heavy atom. The van der Waals surface area contributed by atoms with Gasteiger partial charge in [0.15, 0.2) is 0 Å². The zero-order valence-corrected chi connectivity index (χ0v) is 11.5. The Morgan fingerprint density at radius 3 is 1.68 bits per heavy atom. The molecule has 0 aliphatic heterocycles. The van der Waals surface area contributed by atoms with Crippen LogP contribution in [0.15, 0.2) is 34.3 Å². The van der Waals surface area contributed by atoms with E-state index in [9.17, 15) is 0 Å². The van der Waals surface area contributed by atoms with Crippen LogP contribution in [0.1, 0.15) is 29.2 Å². The first-order valence-electron chi connectivity index (χ1n) is 6.55. The van der Waals surface area contributed by atoms with Crippen molar-refractivity contribution < 1.29 is 0 Å². The first kappa shape index (κ1) is 13.3. The molecule has 4 nitrogen and oxygen atoms in total. The highest BCUT2D eigenvalue weighted by molar-refractivity contribution is 5.77. The molecule has 4 heteroatoms. The third-order valence-electron chi connectivity index (χ3n) is 2.74. The number of aryl methyl sites for hydroxylation is 2. The van der Waals surface area contributed by atoms with Crippen LogP contribution in [0.5, 0.6) is 0 Å². The average molecular weight is 256 g/mol. The van der Waals surface area contributed by atoms with Gasteiger partial charge in [0.1, 0.15) is 0 Å². The van der Waals surface area contributed by atoms with Crippen molar-refractivity contribution in [3.05, 3.63) is 47.0 Å². The molecular weight excluding hydrogens is 236 g/mol. The van der Waals surface area contributed by atoms with Crippen molar-refractivity contribution in [2.75, 3.05) is 13.1 Å². The van der Waals surface area contributed by atoms with Crippen molar-refractivity contribution in [3.63, 3.8) is 0 Å². The van der Waals surface area contributed by atoms with Crippen LogP contribution in [0.3, 0.4) is 0 Å². The van der Waals surface area contributed by atoms with E-state index in [-0.39, 0.29) is 0 Å². The second-order valence-corrected chi connectivity index (χ2v) is 4.62. The van der Waals surface area contributed by atoms with Crippen LogP contribution in [-0.2, 0) is 0 Å². The van der Waals surface area contributed by atoms with E-state index < -0.39 is 0 Å². The minimum Gasteiger partial charge on any atom is -0.358 e. The van der Waals surface area contributed by atoms with Crippen molar-refractivity contribution >= 4 is 12.4 Å². The number of aliphatic imine (C=N–C) groups is 2. The molecule has 0 saturated heterocycles. The SMILES string of the molecule is Cc1ccc(C=NCCC/N=C/c2ccc(C)[nH]2)[nH]1. The molecule has 2 N–H and O–H groups in total. The van der Waals surface area contributed by atoms with Crippen molar-refractivity contribution in [1.29, 1.82) is 0 Å². The molecule has 0 aliphatic carbocycles. The van der Waals surface area contributed by atoms with Gasteiger partial charge in [-0.15, -0.1) is 0 Å². The molecule has 0 aromatic carbocycles. The van der Waals surface area contributed by atoms with Crippen molar-refractivity contribution in [2.24, 2.45) is 9.98 Å². The van der Waals surface area contributed by atoms with Gasteiger partial charge in [0.2, 0.25) is 0 Å². The Kier molecular flexibility index (Phi) is 4.72. The van der Waals surface area contributed by atoms with Crippen molar-refractivity contribution in [2.45, 2.75) is 20.3 Å². The van der Waals surface area contributed by atoms with Gasteiger partial charge in [-0.25, -0.2) is 0 Å². The van der Waals surface area contributed by atoms with Crippen LogP contribution in [0.25, 0.3) is 0 Å². The van der Waals surface area contributed by atoms with Gasteiger partial charge in [0.05, 0.1) is 11.4 Å². The molecule has 0 aliphatic rings. The summed E-state index contributed by atoms with van der Waals surface area (Å²) in [5.74, 6) is 0. The van der Waals surface area contributed by atoms with Crippen LogP contribution in [0, 0.1) is 13.8 Å². The van der Waals surface area contributed by atoms with Gasteiger partial charge < -0.3 is 9.97 Å². The molecule has 0 spiro atoms. The number of aromatic nitrogens is 2. The zero-order chi connectivity index (χ0) is 13.5. The Morgan fingerprint density at radius 2 is 1.32 bits per heavy atom. The van der Waals surface area contributed by atoms with Gasteiger partial charge in [-0.05, 0) is 44.5 Å². The van der Waals surface area contributed by atoms with E-state index in [1.807, 2.05) is 50.5 Å². The fourth-order valence-electron chi connectivity index (χ4n) is 1.78. The van der Waals surface area contributed by atoms with E-state index in [2.05, 4.69) is 20.0 Å². The summed E-state index contributed by atoms with van der Waals surface area (Å²) in [6, 6.07) is 8.16. The van der Waals surface area contributed by atoms with Crippen LogP contribution < -0.4 is 0 Å². The summed E-state index contributed by atoms with van der Waals surface area (Å²) in [4.78, 5) is 15.2. The van der Waals surface area contributed by atoms with Crippen molar-refractivity contribution in [1.82, 2.24) is 9.97 Å². The Hall–Kier alpha value is -2.10. The summed E-state index contributed by atoms with van der Waals surface area (Å²) >= 11 is 0. The first-order chi connectivity index (χ1) is 9.24. The van der Waals surface area contributed by atoms with Gasteiger partial charge in [-0.3, -0.25) is 9.98 Å². The molecule has 2 rings (SSSR count). The summed E-state index contributed by atoms with van der Waals surface area (Å²) in [5.41, 5.74) is 4.44. The summed E-state index contributed by atoms with van der Waals surface area (Å²) < 4.78 is 0. The Balaban J connectivity index is 1.64. The summed E-state index contributed by atoms with van der Waals surface area (Å²) in [5, 5.41) is 0. The summed E-state index contributed by atoms with van der Waals surface area (Å²) in [6.07, 6.45) is 4.72. The largest absolute Gasteiger partial charge is 0.358 e. The number of hydrogen-bond acceptors (Lipinski definition) is 2. The predicted molar refractivity (Wildman–Crippen MR) is 80.6 cm³/mol. The highest BCUT2D eigenvalue weighted by Gasteiger charge is 1.91. The molecule has 0 saturated carbocycles. The van der Waals surface area contributed by atoms with Crippen LogP contribution in [0.4, 0.5) is 0 Å². The van der Waals surface area contributed by atoms with E-state index in [0.717, 1.165) is 42.3 Å². The molecule has 19 heavy (non-hydrogen) atoms. The standard InChI is InChI=1S/C15H20N4/c1-12-4-6-14(18-12)10-16-8-3-9-17-11-15-7-5-13(2)19-15/h4-7,10-11,18-19H,3,8-9H2,1-2H3/b16-10+,17-11?. The lowest BCUT2D eigenvalue weighted by atomic mass is 10.4. The van der Waals surface area contributed by atoms with Crippen LogP contribution in [0.2, 0.25) is 0 Å². The number of hydrogen-bond donors (Lipinski definition) is 2. The Labute approximate surface area is 113 Å². The number of nitrogens with one attached hydrogen (secondary N) is 2. The second-order valence-electron chi connectivity index (χ2n) is 4.62. The summed E-state index contributed by atoms with van der Waals surface area (Å²) in [6.45, 7) is 5.68. The molecule has 0 radical (unpaired) electrons. The zero-order valence-electron chi connectivity index (χ0n) is 11.5. The lowest BCUT2D eigenvalue weighted by Gasteiger charge is -1.91. The number of H-pyrrole nitrogens is 2. The number of rotatable bonds is 6. The monoisotopic (exact) mass is 256 g/mol. The lowest BCUT2D eigenvalue weighted by molar-refractivity contribution is 0.850. The number of aromatic amines is 2. The molecule has 2 aromatic rings. The highest BCUT2D eigenvalue weighted by Crippen LogP contribution is 1.98. The van der Waals surface area contributed by atoms with E-state index >= 15 is 0 Å². The van der Waals surface area contributed by atoms with E-state index in [1.165, 1.54) is 0 Å². The van der Waals surface area contributed by atoms with Crippen LogP contribution >= 0.6 is 0 Å². The molecule has 0 fully saturated rings. The predicted octanol–water partition coefficient (Wildman–Crippen LogP) is 2.89. The second kappa shape index (κ2) is 6.73. The Bertz CT molecular complexity index is 510. The maximum absolute atomic E-state index is 4.37. The van der Waals surface area contributed by atoms with E-state index in [1.54, 1.807) is 0 Å². The molecule has 0 unspecified atom stereocenters. The van der Waals surface area contributed by atoms with E-state index in [4.69, 9.17) is 0 Å². The molecule has 0 amide bonds. The van der Waals surface area contributed by atoms with Gasteiger partial charge in [-0.2, -0.15) is 0 Å². The highest BCUT2D eigenvalue weighted by atomic mass is 14.8. The smallest absolute Gasteiger partial charge is 0.0563 e. The molecule has 2 aromatic heterocycles. The van der Waals surface area contributed by atoms with Gasteiger partial charge in [0.25, 0.3) is 0 Å². The molecule has 2 heterocycles. The summed E-state index contributed by atoms with van der Waals surface area (Å²) in [7, 11) is 0. The molecule has 0 bridgehead atoms. The normalized spacial score (nSPS) is 11.9.